The van der Waals surface area contributed by atoms with Gasteiger partial charge in [0.15, 0.2) is 0 Å². The topological polar surface area (TPSA) is 114 Å². The molecule has 0 spiro atoms. The minimum absolute atomic E-state index is 0.145. The number of amides is 2. The molecule has 182 valence electrons. The number of halogens is 1. The average Bonchev–Trinajstić information content (AvgIpc) is 3.21. The first kappa shape index (κ1) is 25.6. The second-order valence-corrected chi connectivity index (χ2v) is 8.72. The Morgan fingerprint density at radius 3 is 2.69 bits per heavy atom. The standard InChI is InChI=1S/C16H19NO2.C10H9FN4O/c1-16(2,19)10-9-12-7-8-13-5-4-6-15(18)17(3)14(13)11-12;11-9-3-1-2-8(14-9)4-7-5-13-15(6-7)10(12)16/h7-8,11,19H,4-6H2,1-3H3;1-3,5-6H,4H2,(H2,12,16). The quantitative estimate of drug-likeness (QED) is 0.435. The summed E-state index contributed by atoms with van der Waals surface area (Å²) in [6, 6.07) is 9.80. The van der Waals surface area contributed by atoms with Crippen LogP contribution in [0.4, 0.5) is 14.9 Å². The van der Waals surface area contributed by atoms with E-state index < -0.39 is 17.6 Å². The van der Waals surface area contributed by atoms with E-state index in [1.807, 2.05) is 18.2 Å². The number of hydrogen-bond acceptors (Lipinski definition) is 5. The van der Waals surface area contributed by atoms with Gasteiger partial charge in [0.05, 0.1) is 6.20 Å². The third kappa shape index (κ3) is 7.48. The van der Waals surface area contributed by atoms with Crippen molar-refractivity contribution in [2.24, 2.45) is 5.73 Å². The van der Waals surface area contributed by atoms with Gasteiger partial charge in [0.1, 0.15) is 5.60 Å². The Labute approximate surface area is 203 Å². The van der Waals surface area contributed by atoms with Crippen LogP contribution < -0.4 is 10.6 Å². The molecule has 4 rings (SSSR count). The molecule has 0 aliphatic carbocycles. The number of primary amides is 1. The van der Waals surface area contributed by atoms with Gasteiger partial charge >= 0.3 is 6.03 Å². The molecule has 3 heterocycles. The van der Waals surface area contributed by atoms with E-state index in [0.717, 1.165) is 34.3 Å². The second-order valence-electron chi connectivity index (χ2n) is 8.72. The van der Waals surface area contributed by atoms with E-state index in [9.17, 15) is 19.1 Å². The van der Waals surface area contributed by atoms with E-state index in [-0.39, 0.29) is 5.91 Å². The first-order valence-electron chi connectivity index (χ1n) is 11.1. The summed E-state index contributed by atoms with van der Waals surface area (Å²) in [6.07, 6.45) is 5.81. The molecule has 1 aliphatic heterocycles. The lowest BCUT2D eigenvalue weighted by Crippen LogP contribution is -2.25. The highest BCUT2D eigenvalue weighted by atomic mass is 19.1. The Kier molecular flexibility index (Phi) is 7.99. The summed E-state index contributed by atoms with van der Waals surface area (Å²) in [6.45, 7) is 3.30. The number of benzene rings is 1. The van der Waals surface area contributed by atoms with Gasteiger partial charge in [-0.1, -0.05) is 24.0 Å². The van der Waals surface area contributed by atoms with Crippen LogP contribution in [0.3, 0.4) is 0 Å². The van der Waals surface area contributed by atoms with Crippen LogP contribution in [0.15, 0.2) is 48.8 Å². The molecular weight excluding hydrogens is 449 g/mol. The number of nitrogens with zero attached hydrogens (tertiary/aromatic N) is 4. The van der Waals surface area contributed by atoms with Gasteiger partial charge in [0.25, 0.3) is 0 Å². The van der Waals surface area contributed by atoms with E-state index >= 15 is 0 Å². The fourth-order valence-electron chi connectivity index (χ4n) is 3.45. The van der Waals surface area contributed by atoms with E-state index in [1.54, 1.807) is 37.9 Å². The van der Waals surface area contributed by atoms with Crippen molar-refractivity contribution in [2.45, 2.75) is 45.1 Å². The number of nitrogens with two attached hydrogens (primary N) is 1. The van der Waals surface area contributed by atoms with Crippen LogP contribution in [0, 0.1) is 17.8 Å². The number of pyridine rings is 1. The predicted molar refractivity (Wildman–Crippen MR) is 130 cm³/mol. The lowest BCUT2D eigenvalue weighted by Gasteiger charge is -2.17. The summed E-state index contributed by atoms with van der Waals surface area (Å²) in [5, 5.41) is 13.4. The minimum atomic E-state index is -1.01. The lowest BCUT2D eigenvalue weighted by molar-refractivity contribution is -0.118. The summed E-state index contributed by atoms with van der Waals surface area (Å²) >= 11 is 0. The molecule has 0 fully saturated rings. The number of aromatic nitrogens is 3. The fraction of sp³-hybridized carbons (Fsp3) is 0.308. The van der Waals surface area contributed by atoms with Gasteiger partial charge in [-0.25, -0.2) is 9.78 Å². The largest absolute Gasteiger partial charge is 0.378 e. The smallest absolute Gasteiger partial charge is 0.339 e. The molecule has 0 radical (unpaired) electrons. The lowest BCUT2D eigenvalue weighted by atomic mass is 10.0. The molecule has 0 atom stereocenters. The van der Waals surface area contributed by atoms with Crippen molar-refractivity contribution in [3.63, 3.8) is 0 Å². The molecule has 0 bridgehead atoms. The summed E-state index contributed by atoms with van der Waals surface area (Å²) in [7, 11) is 1.81. The maximum atomic E-state index is 12.8. The molecule has 0 unspecified atom stereocenters. The van der Waals surface area contributed by atoms with Crippen molar-refractivity contribution in [3.05, 3.63) is 77.1 Å². The van der Waals surface area contributed by atoms with Gasteiger partial charge < -0.3 is 15.7 Å². The number of aryl methyl sites for hydroxylation is 1. The van der Waals surface area contributed by atoms with E-state index in [4.69, 9.17) is 5.73 Å². The predicted octanol–water partition coefficient (Wildman–Crippen LogP) is 3.04. The third-order valence-corrected chi connectivity index (χ3v) is 5.19. The van der Waals surface area contributed by atoms with E-state index in [0.29, 0.717) is 18.5 Å². The van der Waals surface area contributed by atoms with Crippen molar-refractivity contribution in [2.75, 3.05) is 11.9 Å². The Bertz CT molecular complexity index is 1280. The molecular formula is C26H28FN5O3. The van der Waals surface area contributed by atoms with Crippen molar-refractivity contribution >= 4 is 17.6 Å². The number of carbonyl (C=O) groups is 2. The third-order valence-electron chi connectivity index (χ3n) is 5.19. The number of hydrogen-bond donors (Lipinski definition) is 2. The average molecular weight is 478 g/mol. The highest BCUT2D eigenvalue weighted by Gasteiger charge is 2.18. The normalized spacial score (nSPS) is 13.1. The molecule has 0 saturated carbocycles. The summed E-state index contributed by atoms with van der Waals surface area (Å²) in [4.78, 5) is 28.0. The first-order chi connectivity index (χ1) is 16.5. The molecule has 2 aromatic heterocycles. The summed E-state index contributed by atoms with van der Waals surface area (Å²) in [5.41, 5.74) is 8.28. The first-order valence-corrected chi connectivity index (χ1v) is 11.1. The molecule has 2 amide bonds. The van der Waals surface area contributed by atoms with Crippen LogP contribution in [0.5, 0.6) is 0 Å². The van der Waals surface area contributed by atoms with Crippen LogP contribution in [0.25, 0.3) is 0 Å². The minimum Gasteiger partial charge on any atom is -0.378 e. The zero-order valence-electron chi connectivity index (χ0n) is 20.0. The van der Waals surface area contributed by atoms with Crippen molar-refractivity contribution in [1.82, 2.24) is 14.8 Å². The van der Waals surface area contributed by atoms with Crippen molar-refractivity contribution < 1.29 is 19.1 Å². The summed E-state index contributed by atoms with van der Waals surface area (Å²) in [5.74, 6) is 5.36. The zero-order valence-corrected chi connectivity index (χ0v) is 20.0. The molecule has 1 aliphatic rings. The van der Waals surface area contributed by atoms with Gasteiger partial charge in [-0.05, 0) is 62.1 Å². The van der Waals surface area contributed by atoms with E-state index in [2.05, 4.69) is 21.9 Å². The van der Waals surface area contributed by atoms with Gasteiger partial charge in [-0.15, -0.1) is 0 Å². The maximum absolute atomic E-state index is 12.8. The highest BCUT2D eigenvalue weighted by molar-refractivity contribution is 5.94. The van der Waals surface area contributed by atoms with Gasteiger partial charge in [-0.2, -0.15) is 14.2 Å². The molecule has 9 heteroatoms. The maximum Gasteiger partial charge on any atom is 0.339 e. The van der Waals surface area contributed by atoms with Crippen LogP contribution >= 0.6 is 0 Å². The zero-order chi connectivity index (χ0) is 25.6. The van der Waals surface area contributed by atoms with Crippen molar-refractivity contribution in [1.29, 1.82) is 0 Å². The van der Waals surface area contributed by atoms with Crippen LogP contribution in [-0.2, 0) is 17.6 Å². The Morgan fingerprint density at radius 1 is 1.26 bits per heavy atom. The number of rotatable bonds is 2. The number of aliphatic hydroxyl groups is 1. The summed E-state index contributed by atoms with van der Waals surface area (Å²) < 4.78 is 13.8. The number of fused-ring (bicyclic) bond motifs is 1. The van der Waals surface area contributed by atoms with Gasteiger partial charge in [0, 0.05) is 43.0 Å². The van der Waals surface area contributed by atoms with Crippen LogP contribution in [0.2, 0.25) is 0 Å². The van der Waals surface area contributed by atoms with Gasteiger partial charge in [-0.3, -0.25) is 4.79 Å². The monoisotopic (exact) mass is 477 g/mol. The fourth-order valence-corrected chi connectivity index (χ4v) is 3.45. The Hall–Kier alpha value is -4.03. The molecule has 35 heavy (non-hydrogen) atoms. The van der Waals surface area contributed by atoms with E-state index in [1.165, 1.54) is 24.0 Å². The molecule has 3 N–H and O–H groups in total. The second kappa shape index (κ2) is 10.9. The van der Waals surface area contributed by atoms with Crippen LogP contribution in [-0.4, -0.2) is 44.5 Å². The van der Waals surface area contributed by atoms with Crippen molar-refractivity contribution in [3.8, 4) is 11.8 Å². The molecule has 1 aromatic carbocycles. The highest BCUT2D eigenvalue weighted by Crippen LogP contribution is 2.27. The number of anilines is 1. The number of carbonyl (C=O) groups excluding carboxylic acids is 2. The molecule has 8 nitrogen and oxygen atoms in total. The van der Waals surface area contributed by atoms with Gasteiger partial charge in [0.2, 0.25) is 11.9 Å². The molecule has 0 saturated heterocycles. The Balaban J connectivity index is 0.000000198. The van der Waals surface area contributed by atoms with Crippen LogP contribution in [0.1, 0.15) is 49.1 Å². The molecule has 3 aromatic rings. The Morgan fingerprint density at radius 2 is 2.03 bits per heavy atom. The SMILES string of the molecule is CN1C(=O)CCCc2ccc(C#CC(C)(C)O)cc21.NC(=O)n1cc(Cc2cccc(F)n2)cn1.